The number of nitrogens with one attached hydrogen (secondary N) is 2. The summed E-state index contributed by atoms with van der Waals surface area (Å²) in [6, 6.07) is 9.65. The van der Waals surface area contributed by atoms with Gasteiger partial charge in [-0.05, 0) is 24.6 Å². The van der Waals surface area contributed by atoms with E-state index in [0.717, 1.165) is 15.0 Å². The molecule has 1 atom stereocenters. The third kappa shape index (κ3) is 3.87. The highest BCUT2D eigenvalue weighted by molar-refractivity contribution is 7.21. The van der Waals surface area contributed by atoms with Gasteiger partial charge in [-0.15, -0.1) is 11.3 Å². The van der Waals surface area contributed by atoms with Crippen LogP contribution in [0.3, 0.4) is 0 Å². The Morgan fingerprint density at radius 1 is 1.23 bits per heavy atom. The smallest absolute Gasteiger partial charge is 0.277 e. The molecule has 2 heterocycles. The van der Waals surface area contributed by atoms with Crippen molar-refractivity contribution in [3.8, 4) is 5.75 Å². The first-order valence-electron chi connectivity index (χ1n) is 9.25. The molecule has 0 saturated carbocycles. The standard InChI is InChI=1S/C21H17Cl2N3O4S/c1-10-7-14(15(30-2)8-12(10)22)26-17(27)9-13(21(26)29)24-25-20(28)19-18(23)11-5-3-4-6-16(11)31-19/h3-8,13,24H,9H2,1-2H3,(H,25,28)/t13-/m1/s1. The van der Waals surface area contributed by atoms with E-state index >= 15 is 0 Å². The van der Waals surface area contributed by atoms with Crippen LogP contribution in [0.15, 0.2) is 36.4 Å². The van der Waals surface area contributed by atoms with Crippen LogP contribution in [-0.4, -0.2) is 30.9 Å². The lowest BCUT2D eigenvalue weighted by Gasteiger charge is -2.19. The molecule has 31 heavy (non-hydrogen) atoms. The number of hydrazine groups is 1. The van der Waals surface area contributed by atoms with E-state index in [1.165, 1.54) is 18.4 Å². The van der Waals surface area contributed by atoms with Gasteiger partial charge in [0.15, 0.2) is 0 Å². The number of carbonyl (C=O) groups excluding carboxylic acids is 3. The molecule has 10 heteroatoms. The van der Waals surface area contributed by atoms with E-state index in [4.69, 9.17) is 27.9 Å². The third-order valence-electron chi connectivity index (χ3n) is 4.95. The number of nitrogens with zero attached hydrogens (tertiary/aromatic N) is 1. The highest BCUT2D eigenvalue weighted by Crippen LogP contribution is 2.37. The van der Waals surface area contributed by atoms with Crippen LogP contribution in [0.4, 0.5) is 5.69 Å². The summed E-state index contributed by atoms with van der Waals surface area (Å²) in [6.07, 6.45) is -0.121. The van der Waals surface area contributed by atoms with E-state index in [1.807, 2.05) is 24.3 Å². The molecule has 2 aromatic carbocycles. The number of hydrogen-bond donors (Lipinski definition) is 2. The number of hydrogen-bond acceptors (Lipinski definition) is 6. The van der Waals surface area contributed by atoms with Crippen LogP contribution in [-0.2, 0) is 9.59 Å². The number of benzene rings is 2. The van der Waals surface area contributed by atoms with E-state index in [1.54, 1.807) is 19.1 Å². The number of rotatable bonds is 5. The van der Waals surface area contributed by atoms with Gasteiger partial charge in [0.25, 0.3) is 11.8 Å². The fraction of sp³-hybridized carbons (Fsp3) is 0.190. The third-order valence-corrected chi connectivity index (χ3v) is 7.03. The lowest BCUT2D eigenvalue weighted by atomic mass is 10.2. The average molecular weight is 478 g/mol. The van der Waals surface area contributed by atoms with Crippen molar-refractivity contribution in [1.29, 1.82) is 0 Å². The van der Waals surface area contributed by atoms with Crippen LogP contribution in [0.2, 0.25) is 10.0 Å². The van der Waals surface area contributed by atoms with Gasteiger partial charge in [0.1, 0.15) is 16.7 Å². The lowest BCUT2D eigenvalue weighted by molar-refractivity contribution is -0.121. The zero-order chi connectivity index (χ0) is 22.3. The van der Waals surface area contributed by atoms with Gasteiger partial charge in [0, 0.05) is 21.2 Å². The molecule has 0 aliphatic carbocycles. The van der Waals surface area contributed by atoms with Crippen molar-refractivity contribution in [3.63, 3.8) is 0 Å². The van der Waals surface area contributed by atoms with Crippen LogP contribution >= 0.6 is 34.5 Å². The van der Waals surface area contributed by atoms with Gasteiger partial charge in [-0.2, -0.15) is 0 Å². The summed E-state index contributed by atoms with van der Waals surface area (Å²) in [7, 11) is 1.43. The van der Waals surface area contributed by atoms with Crippen LogP contribution in [0.25, 0.3) is 10.1 Å². The Morgan fingerprint density at radius 2 is 1.97 bits per heavy atom. The Kier molecular flexibility index (Phi) is 5.90. The van der Waals surface area contributed by atoms with Crippen molar-refractivity contribution in [2.75, 3.05) is 12.0 Å². The molecular weight excluding hydrogens is 461 g/mol. The maximum absolute atomic E-state index is 12.9. The van der Waals surface area contributed by atoms with E-state index in [9.17, 15) is 14.4 Å². The van der Waals surface area contributed by atoms with E-state index in [-0.39, 0.29) is 6.42 Å². The van der Waals surface area contributed by atoms with Gasteiger partial charge < -0.3 is 4.74 Å². The minimum absolute atomic E-state index is 0.121. The lowest BCUT2D eigenvalue weighted by Crippen LogP contribution is -2.48. The number of amides is 3. The molecule has 2 N–H and O–H groups in total. The molecule has 1 aliphatic rings. The molecule has 1 fully saturated rings. The summed E-state index contributed by atoms with van der Waals surface area (Å²) < 4.78 is 6.17. The van der Waals surface area contributed by atoms with Crippen molar-refractivity contribution in [3.05, 3.63) is 56.9 Å². The van der Waals surface area contributed by atoms with Crippen molar-refractivity contribution >= 4 is 68.0 Å². The molecule has 0 radical (unpaired) electrons. The zero-order valence-electron chi connectivity index (χ0n) is 16.5. The molecule has 1 aliphatic heterocycles. The fourth-order valence-corrected chi connectivity index (χ4v) is 4.92. The predicted molar refractivity (Wildman–Crippen MR) is 121 cm³/mol. The number of fused-ring (bicyclic) bond motifs is 1. The fourth-order valence-electron chi connectivity index (χ4n) is 3.35. The molecule has 4 rings (SSSR count). The number of carbonyl (C=O) groups is 3. The Labute approximate surface area is 191 Å². The minimum atomic E-state index is -0.926. The molecule has 0 bridgehead atoms. The molecule has 1 aromatic heterocycles. The van der Waals surface area contributed by atoms with E-state index in [2.05, 4.69) is 10.9 Å². The Bertz CT molecular complexity index is 1230. The first kappa shape index (κ1) is 21.6. The number of halogens is 2. The van der Waals surface area contributed by atoms with Crippen molar-refractivity contribution < 1.29 is 19.1 Å². The quantitative estimate of drug-likeness (QED) is 0.426. The number of ether oxygens (including phenoxy) is 1. The molecule has 0 spiro atoms. The number of thiophene rings is 1. The second kappa shape index (κ2) is 8.47. The summed E-state index contributed by atoms with van der Waals surface area (Å²) in [5.74, 6) is -1.10. The molecule has 0 unspecified atom stereocenters. The van der Waals surface area contributed by atoms with Crippen molar-refractivity contribution in [1.82, 2.24) is 10.9 Å². The van der Waals surface area contributed by atoms with Gasteiger partial charge in [-0.3, -0.25) is 19.8 Å². The summed E-state index contributed by atoms with van der Waals surface area (Å²) in [5.41, 5.74) is 6.17. The van der Waals surface area contributed by atoms with E-state index < -0.39 is 23.8 Å². The topological polar surface area (TPSA) is 87.7 Å². The van der Waals surface area contributed by atoms with Crippen LogP contribution in [0.5, 0.6) is 5.75 Å². The SMILES string of the molecule is COc1cc(Cl)c(C)cc1N1C(=O)C[C@@H](NNC(=O)c2sc3ccccc3c2Cl)C1=O. The number of anilines is 1. The monoisotopic (exact) mass is 477 g/mol. The van der Waals surface area contributed by atoms with Crippen LogP contribution < -0.4 is 20.5 Å². The van der Waals surface area contributed by atoms with Gasteiger partial charge in [0.05, 0.1) is 24.2 Å². The predicted octanol–water partition coefficient (Wildman–Crippen LogP) is 4.09. The second-order valence-corrected chi connectivity index (χ2v) is 8.77. The molecule has 160 valence electrons. The van der Waals surface area contributed by atoms with Gasteiger partial charge in [-0.1, -0.05) is 41.4 Å². The number of aryl methyl sites for hydroxylation is 1. The Hall–Kier alpha value is -2.65. The first-order valence-corrected chi connectivity index (χ1v) is 10.8. The van der Waals surface area contributed by atoms with E-state index in [0.29, 0.717) is 31.9 Å². The molecule has 3 aromatic rings. The number of imide groups is 1. The maximum atomic E-state index is 12.9. The van der Waals surface area contributed by atoms with Crippen LogP contribution in [0.1, 0.15) is 21.7 Å². The number of methoxy groups -OCH3 is 1. The second-order valence-electron chi connectivity index (χ2n) is 6.94. The summed E-state index contributed by atoms with van der Waals surface area (Å²) >= 11 is 13.7. The molecule has 7 nitrogen and oxygen atoms in total. The largest absolute Gasteiger partial charge is 0.495 e. The first-order chi connectivity index (χ1) is 14.8. The van der Waals surface area contributed by atoms with Gasteiger partial charge in [0.2, 0.25) is 5.91 Å². The van der Waals surface area contributed by atoms with Crippen molar-refractivity contribution in [2.45, 2.75) is 19.4 Å². The van der Waals surface area contributed by atoms with Gasteiger partial charge in [-0.25, -0.2) is 10.3 Å². The normalized spacial score (nSPS) is 16.3. The maximum Gasteiger partial charge on any atom is 0.277 e. The molecular formula is C21H17Cl2N3O4S. The minimum Gasteiger partial charge on any atom is -0.495 e. The molecule has 3 amide bonds. The Morgan fingerprint density at radius 3 is 2.68 bits per heavy atom. The zero-order valence-corrected chi connectivity index (χ0v) is 18.8. The molecule has 1 saturated heterocycles. The highest BCUT2D eigenvalue weighted by Gasteiger charge is 2.41. The van der Waals surface area contributed by atoms with Crippen molar-refractivity contribution in [2.24, 2.45) is 0 Å². The summed E-state index contributed by atoms with van der Waals surface area (Å²) in [4.78, 5) is 39.5. The highest BCUT2D eigenvalue weighted by atomic mass is 35.5. The Balaban J connectivity index is 1.51. The van der Waals surface area contributed by atoms with Crippen LogP contribution in [0, 0.1) is 6.92 Å². The average Bonchev–Trinajstić information content (AvgIpc) is 3.24. The van der Waals surface area contributed by atoms with Gasteiger partial charge >= 0.3 is 0 Å². The summed E-state index contributed by atoms with van der Waals surface area (Å²) in [6.45, 7) is 1.76. The summed E-state index contributed by atoms with van der Waals surface area (Å²) in [5, 5.41) is 1.58.